The van der Waals surface area contributed by atoms with Crippen molar-refractivity contribution in [3.8, 4) is 0 Å². The standard InChI is InChI=1S/C14H18BrNO3/c1-9(2)12(14(18)19-4)13(17)16(3)11-7-5-6-10(15)8-11/h5-9,12H,1-4H3. The summed E-state index contributed by atoms with van der Waals surface area (Å²) in [4.78, 5) is 25.6. The van der Waals surface area contributed by atoms with Gasteiger partial charge in [-0.3, -0.25) is 9.59 Å². The van der Waals surface area contributed by atoms with Crippen LogP contribution in [0.3, 0.4) is 0 Å². The monoisotopic (exact) mass is 327 g/mol. The van der Waals surface area contributed by atoms with Crippen molar-refractivity contribution < 1.29 is 14.3 Å². The molecule has 104 valence electrons. The van der Waals surface area contributed by atoms with Gasteiger partial charge < -0.3 is 9.64 Å². The number of nitrogens with zero attached hydrogens (tertiary/aromatic N) is 1. The molecule has 0 N–H and O–H groups in total. The number of hydrogen-bond acceptors (Lipinski definition) is 3. The highest BCUT2D eigenvalue weighted by molar-refractivity contribution is 9.10. The normalized spacial score (nSPS) is 12.1. The minimum absolute atomic E-state index is 0.116. The molecule has 1 amide bonds. The molecule has 0 aromatic heterocycles. The van der Waals surface area contributed by atoms with Crippen LogP contribution in [0.15, 0.2) is 28.7 Å². The summed E-state index contributed by atoms with van der Waals surface area (Å²) in [5.41, 5.74) is 0.730. The minimum Gasteiger partial charge on any atom is -0.468 e. The van der Waals surface area contributed by atoms with E-state index in [1.165, 1.54) is 12.0 Å². The smallest absolute Gasteiger partial charge is 0.318 e. The van der Waals surface area contributed by atoms with E-state index < -0.39 is 11.9 Å². The lowest BCUT2D eigenvalue weighted by atomic mass is 9.94. The average Bonchev–Trinajstić information content (AvgIpc) is 2.37. The number of carbonyl (C=O) groups excluding carboxylic acids is 2. The molecular weight excluding hydrogens is 310 g/mol. The fourth-order valence-corrected chi connectivity index (χ4v) is 2.19. The molecule has 1 aromatic carbocycles. The van der Waals surface area contributed by atoms with Gasteiger partial charge in [-0.2, -0.15) is 0 Å². The highest BCUT2D eigenvalue weighted by atomic mass is 79.9. The molecule has 0 radical (unpaired) electrons. The Bertz CT molecular complexity index is 474. The second-order valence-corrected chi connectivity index (χ2v) is 5.54. The van der Waals surface area contributed by atoms with Gasteiger partial charge in [-0.1, -0.05) is 35.8 Å². The molecule has 1 rings (SSSR count). The quantitative estimate of drug-likeness (QED) is 0.631. The van der Waals surface area contributed by atoms with Gasteiger partial charge in [-0.05, 0) is 24.1 Å². The molecule has 0 bridgehead atoms. The first-order valence-electron chi connectivity index (χ1n) is 5.99. The first-order chi connectivity index (χ1) is 8.88. The lowest BCUT2D eigenvalue weighted by Crippen LogP contribution is -2.40. The van der Waals surface area contributed by atoms with Gasteiger partial charge in [0.25, 0.3) is 0 Å². The van der Waals surface area contributed by atoms with Crippen LogP contribution in [0.25, 0.3) is 0 Å². The first-order valence-corrected chi connectivity index (χ1v) is 6.78. The van der Waals surface area contributed by atoms with Crippen molar-refractivity contribution in [3.63, 3.8) is 0 Å². The SMILES string of the molecule is COC(=O)C(C(=O)N(C)c1cccc(Br)c1)C(C)C. The molecule has 19 heavy (non-hydrogen) atoms. The van der Waals surface area contributed by atoms with Gasteiger partial charge in [0, 0.05) is 17.2 Å². The van der Waals surface area contributed by atoms with Gasteiger partial charge in [0.05, 0.1) is 7.11 Å². The Balaban J connectivity index is 3.00. The Hall–Kier alpha value is -1.36. The predicted molar refractivity (Wildman–Crippen MR) is 77.9 cm³/mol. The van der Waals surface area contributed by atoms with Crippen LogP contribution in [0.5, 0.6) is 0 Å². The Labute approximate surface area is 121 Å². The third kappa shape index (κ3) is 3.80. The van der Waals surface area contributed by atoms with Gasteiger partial charge in [0.15, 0.2) is 0 Å². The molecule has 0 fully saturated rings. The summed E-state index contributed by atoms with van der Waals surface area (Å²) in [6, 6.07) is 7.36. The first kappa shape index (κ1) is 15.7. The lowest BCUT2D eigenvalue weighted by molar-refractivity contribution is -0.151. The number of ether oxygens (including phenoxy) is 1. The molecular formula is C14H18BrNO3. The molecule has 0 heterocycles. The molecule has 0 aliphatic heterocycles. The number of benzene rings is 1. The van der Waals surface area contributed by atoms with E-state index >= 15 is 0 Å². The molecule has 1 atom stereocenters. The number of esters is 1. The van der Waals surface area contributed by atoms with Gasteiger partial charge in [-0.15, -0.1) is 0 Å². The zero-order valence-electron chi connectivity index (χ0n) is 11.5. The Morgan fingerprint density at radius 3 is 2.42 bits per heavy atom. The van der Waals surface area contributed by atoms with Crippen molar-refractivity contribution in [3.05, 3.63) is 28.7 Å². The summed E-state index contributed by atoms with van der Waals surface area (Å²) in [6.45, 7) is 3.66. The van der Waals surface area contributed by atoms with Gasteiger partial charge in [-0.25, -0.2) is 0 Å². The number of amides is 1. The molecule has 0 saturated carbocycles. The van der Waals surface area contributed by atoms with Crippen LogP contribution in [0, 0.1) is 11.8 Å². The second kappa shape index (κ2) is 6.70. The van der Waals surface area contributed by atoms with Crippen molar-refractivity contribution >= 4 is 33.5 Å². The molecule has 1 unspecified atom stereocenters. The number of hydrogen-bond donors (Lipinski definition) is 0. The van der Waals surface area contributed by atoms with Crippen molar-refractivity contribution in [1.82, 2.24) is 0 Å². The largest absolute Gasteiger partial charge is 0.468 e. The van der Waals surface area contributed by atoms with E-state index in [0.29, 0.717) is 0 Å². The summed E-state index contributed by atoms with van der Waals surface area (Å²) in [5, 5.41) is 0. The molecule has 0 aliphatic rings. The van der Waals surface area contributed by atoms with Crippen LogP contribution in [0.1, 0.15) is 13.8 Å². The maximum Gasteiger partial charge on any atom is 0.318 e. The van der Waals surface area contributed by atoms with Crippen LogP contribution in [0.4, 0.5) is 5.69 Å². The van der Waals surface area contributed by atoms with Crippen LogP contribution >= 0.6 is 15.9 Å². The molecule has 0 aliphatic carbocycles. The maximum absolute atomic E-state index is 12.4. The predicted octanol–water partition coefficient (Wildman–Crippen LogP) is 2.86. The summed E-state index contributed by atoms with van der Waals surface area (Å²) in [5.74, 6) is -1.66. The molecule has 5 heteroatoms. The van der Waals surface area contributed by atoms with Gasteiger partial charge in [0.1, 0.15) is 5.92 Å². The van der Waals surface area contributed by atoms with Crippen molar-refractivity contribution in [2.24, 2.45) is 11.8 Å². The number of carbonyl (C=O) groups is 2. The minimum atomic E-state index is -0.783. The average molecular weight is 328 g/mol. The fourth-order valence-electron chi connectivity index (χ4n) is 1.81. The number of rotatable bonds is 4. The summed E-state index contributed by atoms with van der Waals surface area (Å²) in [7, 11) is 2.95. The van der Waals surface area contributed by atoms with Gasteiger partial charge in [0.2, 0.25) is 5.91 Å². The van der Waals surface area contributed by atoms with E-state index in [-0.39, 0.29) is 11.8 Å². The van der Waals surface area contributed by atoms with E-state index in [1.807, 2.05) is 38.1 Å². The van der Waals surface area contributed by atoms with Crippen LogP contribution in [-0.4, -0.2) is 26.0 Å². The highest BCUT2D eigenvalue weighted by Gasteiger charge is 2.33. The zero-order chi connectivity index (χ0) is 14.6. The Kier molecular flexibility index (Phi) is 5.54. The third-order valence-electron chi connectivity index (χ3n) is 2.91. The summed E-state index contributed by atoms with van der Waals surface area (Å²) >= 11 is 3.36. The van der Waals surface area contributed by atoms with Crippen molar-refractivity contribution in [1.29, 1.82) is 0 Å². The third-order valence-corrected chi connectivity index (χ3v) is 3.41. The van der Waals surface area contributed by atoms with E-state index in [1.54, 1.807) is 7.05 Å². The number of halogens is 1. The Morgan fingerprint density at radius 2 is 1.95 bits per heavy atom. The topological polar surface area (TPSA) is 46.6 Å². The fraction of sp³-hybridized carbons (Fsp3) is 0.429. The van der Waals surface area contributed by atoms with E-state index in [9.17, 15) is 9.59 Å². The van der Waals surface area contributed by atoms with Crippen LogP contribution in [-0.2, 0) is 14.3 Å². The van der Waals surface area contributed by atoms with Crippen molar-refractivity contribution in [2.75, 3.05) is 19.1 Å². The second-order valence-electron chi connectivity index (χ2n) is 4.62. The van der Waals surface area contributed by atoms with Crippen LogP contribution < -0.4 is 4.90 Å². The van der Waals surface area contributed by atoms with E-state index in [0.717, 1.165) is 10.2 Å². The Morgan fingerprint density at radius 1 is 1.32 bits per heavy atom. The van der Waals surface area contributed by atoms with E-state index in [4.69, 9.17) is 4.74 Å². The maximum atomic E-state index is 12.4. The van der Waals surface area contributed by atoms with Gasteiger partial charge >= 0.3 is 5.97 Å². The highest BCUT2D eigenvalue weighted by Crippen LogP contribution is 2.23. The van der Waals surface area contributed by atoms with E-state index in [2.05, 4.69) is 15.9 Å². The number of methoxy groups -OCH3 is 1. The molecule has 0 saturated heterocycles. The molecule has 1 aromatic rings. The molecule has 0 spiro atoms. The summed E-state index contributed by atoms with van der Waals surface area (Å²) in [6.07, 6.45) is 0. The zero-order valence-corrected chi connectivity index (χ0v) is 13.1. The van der Waals surface area contributed by atoms with Crippen LogP contribution in [0.2, 0.25) is 0 Å². The number of anilines is 1. The lowest BCUT2D eigenvalue weighted by Gasteiger charge is -2.24. The molecule has 4 nitrogen and oxygen atoms in total. The summed E-state index contributed by atoms with van der Waals surface area (Å²) < 4.78 is 5.59. The van der Waals surface area contributed by atoms with Crippen molar-refractivity contribution in [2.45, 2.75) is 13.8 Å².